The number of hydrogen-bond acceptors (Lipinski definition) is 4. The Morgan fingerprint density at radius 1 is 1.06 bits per heavy atom. The van der Waals surface area contributed by atoms with Gasteiger partial charge in [0.2, 0.25) is 0 Å². The first-order valence-electron chi connectivity index (χ1n) is 12.2. The molecule has 2 N–H and O–H groups in total. The van der Waals surface area contributed by atoms with Crippen LogP contribution >= 0.6 is 12.2 Å². The Labute approximate surface area is 205 Å². The van der Waals surface area contributed by atoms with Gasteiger partial charge in [0.05, 0.1) is 12.1 Å². The lowest BCUT2D eigenvalue weighted by Gasteiger charge is -2.36. The Kier molecular flexibility index (Phi) is 6.72. The molecular weight excluding hydrogens is 446 g/mol. The first-order valence-corrected chi connectivity index (χ1v) is 12.6. The summed E-state index contributed by atoms with van der Waals surface area (Å²) in [7, 11) is 0. The molecule has 3 aromatic rings. The molecule has 178 valence electrons. The predicted molar refractivity (Wildman–Crippen MR) is 140 cm³/mol. The van der Waals surface area contributed by atoms with Crippen LogP contribution in [-0.4, -0.2) is 34.3 Å². The Hall–Kier alpha value is -3.06. The lowest BCUT2D eigenvalue weighted by Crippen LogP contribution is -2.44. The molecule has 2 aromatic carbocycles. The number of anilines is 1. The number of aromatic amines is 1. The minimum atomic E-state index is -0.0956. The molecule has 2 aliphatic rings. The van der Waals surface area contributed by atoms with Crippen molar-refractivity contribution in [2.45, 2.75) is 58.0 Å². The van der Waals surface area contributed by atoms with Gasteiger partial charge in [0.25, 0.3) is 5.56 Å². The Bertz CT molecular complexity index is 1250. The summed E-state index contributed by atoms with van der Waals surface area (Å²) in [6, 6.07) is 14.3. The maximum atomic E-state index is 13.1. The second kappa shape index (κ2) is 10.1. The van der Waals surface area contributed by atoms with E-state index in [1.165, 1.54) is 24.8 Å². The van der Waals surface area contributed by atoms with E-state index in [4.69, 9.17) is 21.7 Å². The summed E-state index contributed by atoms with van der Waals surface area (Å²) in [5, 5.41) is 5.09. The van der Waals surface area contributed by atoms with Crippen LogP contribution in [0.2, 0.25) is 0 Å². The summed E-state index contributed by atoms with van der Waals surface area (Å²) < 4.78 is 11.4. The second-order valence-corrected chi connectivity index (χ2v) is 9.45. The van der Waals surface area contributed by atoms with E-state index in [0.29, 0.717) is 48.0 Å². The van der Waals surface area contributed by atoms with E-state index < -0.39 is 0 Å². The van der Waals surface area contributed by atoms with Crippen LogP contribution in [0.5, 0.6) is 11.5 Å². The predicted octanol–water partition coefficient (Wildman–Crippen LogP) is 5.39. The number of nitrogens with zero attached hydrogens (tertiary/aromatic N) is 1. The third-order valence-corrected chi connectivity index (χ3v) is 7.18. The number of aromatic nitrogens is 1. The topological polar surface area (TPSA) is 66.6 Å². The van der Waals surface area contributed by atoms with Crippen LogP contribution in [0.15, 0.2) is 47.3 Å². The van der Waals surface area contributed by atoms with Gasteiger partial charge in [0, 0.05) is 28.7 Å². The lowest BCUT2D eigenvalue weighted by molar-refractivity contribution is 0.172. The molecule has 0 atom stereocenters. The molecule has 0 spiro atoms. The highest BCUT2D eigenvalue weighted by Crippen LogP contribution is 2.34. The second-order valence-electron chi connectivity index (χ2n) is 9.07. The summed E-state index contributed by atoms with van der Waals surface area (Å²) in [5.41, 5.74) is 3.61. The van der Waals surface area contributed by atoms with Crippen LogP contribution in [-0.2, 0) is 13.0 Å². The number of para-hydroxylation sites is 1. The molecule has 7 heteroatoms. The van der Waals surface area contributed by atoms with E-state index in [1.807, 2.05) is 30.3 Å². The van der Waals surface area contributed by atoms with E-state index in [2.05, 4.69) is 34.3 Å². The van der Waals surface area contributed by atoms with Gasteiger partial charge >= 0.3 is 0 Å². The van der Waals surface area contributed by atoms with Gasteiger partial charge in [-0.05, 0) is 55.2 Å². The molecule has 1 fully saturated rings. The van der Waals surface area contributed by atoms with Crippen LogP contribution < -0.4 is 20.3 Å². The minimum absolute atomic E-state index is 0.0956. The molecule has 2 heterocycles. The molecular formula is C27H31N3O3S. The summed E-state index contributed by atoms with van der Waals surface area (Å²) in [6.07, 6.45) is 6.73. The van der Waals surface area contributed by atoms with E-state index in [0.717, 1.165) is 35.9 Å². The normalized spacial score (nSPS) is 15.8. The number of aryl methyl sites for hydroxylation is 1. The molecule has 1 saturated carbocycles. The van der Waals surface area contributed by atoms with Crippen LogP contribution in [0, 0.1) is 0 Å². The first kappa shape index (κ1) is 22.7. The highest BCUT2D eigenvalue weighted by atomic mass is 32.1. The number of fused-ring (bicyclic) bond motifs is 2. The summed E-state index contributed by atoms with van der Waals surface area (Å²) in [6.45, 7) is 3.65. The fourth-order valence-electron chi connectivity index (χ4n) is 4.99. The largest absolute Gasteiger partial charge is 0.486 e. The maximum Gasteiger partial charge on any atom is 0.253 e. The molecule has 0 radical (unpaired) electrons. The van der Waals surface area contributed by atoms with Crippen molar-refractivity contribution >= 4 is 33.9 Å². The lowest BCUT2D eigenvalue weighted by atomic mass is 9.94. The van der Waals surface area contributed by atoms with Crippen molar-refractivity contribution in [3.8, 4) is 11.5 Å². The maximum absolute atomic E-state index is 13.1. The average molecular weight is 478 g/mol. The van der Waals surface area contributed by atoms with Crippen LogP contribution in [0.3, 0.4) is 0 Å². The third-order valence-electron chi connectivity index (χ3n) is 6.84. The Balaban J connectivity index is 1.46. The number of ether oxygens (including phenoxy) is 2. The van der Waals surface area contributed by atoms with Gasteiger partial charge in [-0.1, -0.05) is 44.4 Å². The standard InChI is InChI=1S/C27H31N3O3S/c1-2-18-8-6-7-11-22(18)29-27(34)30(21-9-4-3-5-10-21)17-20-14-19-15-24-25(33-13-12-32-24)16-23(19)28-26(20)31/h6-8,11,14-16,21H,2-5,9-10,12-13,17H2,1H3,(H,28,31)(H,29,34). The van der Waals surface area contributed by atoms with Crippen molar-refractivity contribution < 1.29 is 9.47 Å². The van der Waals surface area contributed by atoms with Gasteiger partial charge < -0.3 is 24.7 Å². The number of H-pyrrole nitrogens is 1. The Morgan fingerprint density at radius 2 is 1.79 bits per heavy atom. The summed E-state index contributed by atoms with van der Waals surface area (Å²) in [4.78, 5) is 18.3. The first-order chi connectivity index (χ1) is 16.6. The van der Waals surface area contributed by atoms with Gasteiger partial charge in [-0.15, -0.1) is 0 Å². The Morgan fingerprint density at radius 3 is 2.56 bits per heavy atom. The molecule has 0 saturated heterocycles. The van der Waals surface area contributed by atoms with Gasteiger partial charge in [0.15, 0.2) is 16.6 Å². The van der Waals surface area contributed by atoms with Crippen molar-refractivity contribution in [2.24, 2.45) is 0 Å². The van der Waals surface area contributed by atoms with Crippen molar-refractivity contribution in [3.05, 3.63) is 63.9 Å². The molecule has 0 amide bonds. The zero-order chi connectivity index (χ0) is 23.5. The van der Waals surface area contributed by atoms with E-state index in [1.54, 1.807) is 0 Å². The molecule has 0 unspecified atom stereocenters. The van der Waals surface area contributed by atoms with Gasteiger partial charge in [-0.25, -0.2) is 0 Å². The van der Waals surface area contributed by atoms with Crippen molar-refractivity contribution in [1.82, 2.24) is 9.88 Å². The average Bonchev–Trinajstić information content (AvgIpc) is 2.87. The smallest absolute Gasteiger partial charge is 0.253 e. The van der Waals surface area contributed by atoms with Gasteiger partial charge in [-0.3, -0.25) is 4.79 Å². The van der Waals surface area contributed by atoms with Crippen LogP contribution in [0.4, 0.5) is 5.69 Å². The molecule has 34 heavy (non-hydrogen) atoms. The molecule has 5 rings (SSSR count). The van der Waals surface area contributed by atoms with E-state index >= 15 is 0 Å². The van der Waals surface area contributed by atoms with Gasteiger partial charge in [-0.2, -0.15) is 0 Å². The monoisotopic (exact) mass is 477 g/mol. The SMILES string of the molecule is CCc1ccccc1NC(=S)N(Cc1cc2cc3c(cc2[nH]c1=O)OCCO3)C1CCCCC1. The zero-order valence-corrected chi connectivity index (χ0v) is 20.4. The molecule has 1 aliphatic carbocycles. The quantitative estimate of drug-likeness (QED) is 0.480. The number of hydrogen-bond donors (Lipinski definition) is 2. The summed E-state index contributed by atoms with van der Waals surface area (Å²) in [5.74, 6) is 1.39. The van der Waals surface area contributed by atoms with E-state index in [-0.39, 0.29) is 5.56 Å². The van der Waals surface area contributed by atoms with Crippen molar-refractivity contribution in [2.75, 3.05) is 18.5 Å². The number of benzene rings is 2. The number of nitrogens with one attached hydrogen (secondary N) is 2. The third kappa shape index (κ3) is 4.75. The summed E-state index contributed by atoms with van der Waals surface area (Å²) >= 11 is 5.93. The van der Waals surface area contributed by atoms with Crippen molar-refractivity contribution in [1.29, 1.82) is 0 Å². The van der Waals surface area contributed by atoms with E-state index in [9.17, 15) is 4.79 Å². The molecule has 1 aliphatic heterocycles. The fraction of sp³-hybridized carbons (Fsp3) is 0.407. The van der Waals surface area contributed by atoms with Crippen molar-refractivity contribution in [3.63, 3.8) is 0 Å². The minimum Gasteiger partial charge on any atom is -0.486 e. The number of rotatable bonds is 5. The highest BCUT2D eigenvalue weighted by Gasteiger charge is 2.25. The number of pyridine rings is 1. The van der Waals surface area contributed by atoms with Gasteiger partial charge in [0.1, 0.15) is 13.2 Å². The van der Waals surface area contributed by atoms with Crippen LogP contribution in [0.25, 0.3) is 10.9 Å². The highest BCUT2D eigenvalue weighted by molar-refractivity contribution is 7.80. The number of thiocarbonyl (C=S) groups is 1. The molecule has 6 nitrogen and oxygen atoms in total. The molecule has 1 aromatic heterocycles. The fourth-order valence-corrected chi connectivity index (χ4v) is 5.31. The van der Waals surface area contributed by atoms with Crippen LogP contribution in [0.1, 0.15) is 50.2 Å². The molecule has 0 bridgehead atoms. The zero-order valence-electron chi connectivity index (χ0n) is 19.6.